The van der Waals surface area contributed by atoms with Crippen LogP contribution >= 0.6 is 0 Å². The van der Waals surface area contributed by atoms with Crippen molar-refractivity contribution in [1.29, 1.82) is 5.26 Å². The fourth-order valence-electron chi connectivity index (χ4n) is 5.11. The second-order valence-electron chi connectivity index (χ2n) is 11.8. The first-order chi connectivity index (χ1) is 19.9. The van der Waals surface area contributed by atoms with Gasteiger partial charge in [-0.25, -0.2) is 0 Å². The highest BCUT2D eigenvalue weighted by molar-refractivity contribution is 5.99. The lowest BCUT2D eigenvalue weighted by atomic mass is 9.96. The molecule has 42 heavy (non-hydrogen) atoms. The first-order valence-electron chi connectivity index (χ1n) is 13.8. The molecule has 4 N–H and O–H groups in total. The van der Waals surface area contributed by atoms with E-state index >= 15 is 0 Å². The van der Waals surface area contributed by atoms with Crippen molar-refractivity contribution in [3.8, 4) is 18.4 Å². The van der Waals surface area contributed by atoms with Crippen LogP contribution < -0.4 is 21.6 Å². The van der Waals surface area contributed by atoms with Crippen molar-refractivity contribution >= 4 is 22.3 Å². The van der Waals surface area contributed by atoms with Crippen LogP contribution in [0, 0.1) is 29.1 Å². The fraction of sp³-hybridized carbons (Fsp3) is 0.387. The fourth-order valence-corrected chi connectivity index (χ4v) is 5.11. The van der Waals surface area contributed by atoms with E-state index in [0.717, 1.165) is 16.3 Å². The molecule has 0 spiro atoms. The van der Waals surface area contributed by atoms with E-state index in [-0.39, 0.29) is 18.3 Å². The third-order valence-corrected chi connectivity index (χ3v) is 7.54. The van der Waals surface area contributed by atoms with Crippen LogP contribution in [0.1, 0.15) is 69.0 Å². The van der Waals surface area contributed by atoms with E-state index in [4.69, 9.17) is 6.42 Å². The molecule has 5 rings (SSSR count). The molecular formula is C31H33F3N8. The molecule has 1 aromatic carbocycles. The number of hydrogen-bond acceptors (Lipinski definition) is 8. The van der Waals surface area contributed by atoms with Crippen LogP contribution in [-0.4, -0.2) is 33.2 Å². The second kappa shape index (κ2) is 10.7. The molecule has 0 unspecified atom stereocenters. The molecule has 1 atom stereocenters. The largest absolute Gasteiger partial charge is 0.413 e. The van der Waals surface area contributed by atoms with E-state index in [1.54, 1.807) is 24.5 Å². The maximum absolute atomic E-state index is 13.9. The maximum atomic E-state index is 13.9. The Morgan fingerprint density at radius 2 is 1.95 bits per heavy atom. The smallest absolute Gasteiger partial charge is 0.383 e. The minimum absolute atomic E-state index is 0.00517. The van der Waals surface area contributed by atoms with Gasteiger partial charge in [-0.3, -0.25) is 15.0 Å². The van der Waals surface area contributed by atoms with Gasteiger partial charge in [-0.05, 0) is 42.9 Å². The van der Waals surface area contributed by atoms with Crippen molar-refractivity contribution in [2.45, 2.75) is 64.7 Å². The Labute approximate surface area is 243 Å². The summed E-state index contributed by atoms with van der Waals surface area (Å²) in [4.78, 5) is 9.00. The molecule has 0 bridgehead atoms. The molecule has 1 fully saturated rings. The van der Waals surface area contributed by atoms with Crippen LogP contribution in [0.25, 0.3) is 10.9 Å². The van der Waals surface area contributed by atoms with Crippen LogP contribution in [0.3, 0.4) is 0 Å². The van der Waals surface area contributed by atoms with Gasteiger partial charge in [0.25, 0.3) is 0 Å². The quantitative estimate of drug-likeness (QED) is 0.246. The first kappa shape index (κ1) is 29.0. The SMILES string of the molecule is C#Cc1cnc2c(C#N)cc(N[C@H](C3=CN(C4(C(F)(F)F)CC4)NN3)c3cccnc3CC)cc2c1NCC(C)(C)C. The number of nitriles is 1. The lowest BCUT2D eigenvalue weighted by Crippen LogP contribution is -2.52. The summed E-state index contributed by atoms with van der Waals surface area (Å²) in [5.74, 6) is 2.68. The second-order valence-corrected chi connectivity index (χ2v) is 11.8. The van der Waals surface area contributed by atoms with Crippen LogP contribution in [-0.2, 0) is 6.42 Å². The van der Waals surface area contributed by atoms with Crippen molar-refractivity contribution in [1.82, 2.24) is 25.9 Å². The normalized spacial score (nSPS) is 16.7. The van der Waals surface area contributed by atoms with Gasteiger partial charge < -0.3 is 16.1 Å². The number of nitrogens with one attached hydrogen (secondary N) is 4. The molecule has 8 nitrogen and oxygen atoms in total. The number of hydrazine groups is 2. The monoisotopic (exact) mass is 574 g/mol. The van der Waals surface area contributed by atoms with Crippen LogP contribution in [0.15, 0.2) is 48.6 Å². The predicted octanol–water partition coefficient (Wildman–Crippen LogP) is 5.92. The summed E-state index contributed by atoms with van der Waals surface area (Å²) in [6.45, 7) is 8.89. The zero-order valence-electron chi connectivity index (χ0n) is 23.9. The highest BCUT2D eigenvalue weighted by Crippen LogP contribution is 2.53. The van der Waals surface area contributed by atoms with Gasteiger partial charge in [0.05, 0.1) is 34.1 Å². The molecule has 218 valence electrons. The number of terminal acetylenes is 1. The zero-order valence-corrected chi connectivity index (χ0v) is 23.9. The van der Waals surface area contributed by atoms with Gasteiger partial charge in [0.1, 0.15) is 6.07 Å². The highest BCUT2D eigenvalue weighted by atomic mass is 19.4. The number of aryl methyl sites for hydroxylation is 1. The number of hydrogen-bond donors (Lipinski definition) is 4. The van der Waals surface area contributed by atoms with Crippen molar-refractivity contribution in [2.24, 2.45) is 5.41 Å². The Hall–Kier alpha value is -4.48. The number of fused-ring (bicyclic) bond motifs is 1. The maximum Gasteiger partial charge on any atom is 0.413 e. The summed E-state index contributed by atoms with van der Waals surface area (Å²) >= 11 is 0. The van der Waals surface area contributed by atoms with Crippen LogP contribution in [0.2, 0.25) is 0 Å². The summed E-state index contributed by atoms with van der Waals surface area (Å²) in [7, 11) is 0. The Morgan fingerprint density at radius 3 is 2.57 bits per heavy atom. The minimum Gasteiger partial charge on any atom is -0.383 e. The molecule has 2 aliphatic rings. The van der Waals surface area contributed by atoms with Crippen LogP contribution in [0.5, 0.6) is 0 Å². The van der Waals surface area contributed by atoms with Gasteiger partial charge in [-0.2, -0.15) is 18.4 Å². The number of aromatic nitrogens is 2. The molecular weight excluding hydrogens is 541 g/mol. The average molecular weight is 575 g/mol. The molecule has 0 radical (unpaired) electrons. The van der Waals surface area contributed by atoms with Crippen molar-refractivity contribution in [3.63, 3.8) is 0 Å². The molecule has 1 saturated carbocycles. The number of rotatable bonds is 8. The van der Waals surface area contributed by atoms with Crippen LogP contribution in [0.4, 0.5) is 24.5 Å². The molecule has 2 aromatic heterocycles. The van der Waals surface area contributed by atoms with E-state index in [9.17, 15) is 18.4 Å². The molecule has 1 aliphatic heterocycles. The molecule has 0 amide bonds. The Kier molecular flexibility index (Phi) is 7.42. The predicted molar refractivity (Wildman–Crippen MR) is 157 cm³/mol. The number of anilines is 2. The molecule has 0 saturated heterocycles. The first-order valence-corrected chi connectivity index (χ1v) is 13.8. The summed E-state index contributed by atoms with van der Waals surface area (Å²) in [5, 5.41) is 18.7. The van der Waals surface area contributed by atoms with E-state index < -0.39 is 17.8 Å². The van der Waals surface area contributed by atoms with E-state index in [0.29, 0.717) is 52.1 Å². The number of pyridine rings is 2. The third-order valence-electron chi connectivity index (χ3n) is 7.54. The van der Waals surface area contributed by atoms with Gasteiger partial charge in [-0.1, -0.05) is 39.7 Å². The summed E-state index contributed by atoms with van der Waals surface area (Å²) in [5.41, 5.74) is 8.39. The van der Waals surface area contributed by atoms with Crippen molar-refractivity contribution in [2.75, 3.05) is 17.2 Å². The zero-order chi connectivity index (χ0) is 30.3. The Bertz CT molecular complexity index is 1620. The molecule has 1 aliphatic carbocycles. The topological polar surface area (TPSA) is 101 Å². The number of halogens is 3. The van der Waals surface area contributed by atoms with Crippen molar-refractivity contribution in [3.05, 3.63) is 70.9 Å². The van der Waals surface area contributed by atoms with E-state index in [1.807, 2.05) is 19.1 Å². The average Bonchev–Trinajstić information content (AvgIpc) is 3.64. The molecule has 3 aromatic rings. The minimum atomic E-state index is -4.39. The number of benzene rings is 1. The van der Waals surface area contributed by atoms with E-state index in [2.05, 4.69) is 64.3 Å². The van der Waals surface area contributed by atoms with E-state index in [1.165, 1.54) is 6.20 Å². The Balaban J connectivity index is 1.61. The Morgan fingerprint density at radius 1 is 1.19 bits per heavy atom. The van der Waals surface area contributed by atoms with Gasteiger partial charge in [-0.15, -0.1) is 12.0 Å². The summed E-state index contributed by atoms with van der Waals surface area (Å²) in [6.07, 6.45) is 6.78. The lowest BCUT2D eigenvalue weighted by molar-refractivity contribution is -0.195. The van der Waals surface area contributed by atoms with Gasteiger partial charge >= 0.3 is 6.18 Å². The molecule has 11 heteroatoms. The number of nitrogens with zero attached hydrogens (tertiary/aromatic N) is 4. The third kappa shape index (κ3) is 5.40. The summed E-state index contributed by atoms with van der Waals surface area (Å²) in [6, 6.07) is 8.86. The number of alkyl halides is 3. The summed E-state index contributed by atoms with van der Waals surface area (Å²) < 4.78 is 41.7. The van der Waals surface area contributed by atoms with Crippen molar-refractivity contribution < 1.29 is 13.2 Å². The lowest BCUT2D eigenvalue weighted by Gasteiger charge is -2.28. The van der Waals surface area contributed by atoms with Gasteiger partial charge in [0, 0.05) is 47.5 Å². The standard InChI is InChI=1S/C31H33F3N8/c1-6-19-16-37-27-20(15-35)13-21(14-23(27)26(19)38-18-29(3,4)5)39-28(22-9-8-12-36-24(22)7-2)25-17-42(41-40-25)30(10-11-30)31(32,33)34/h1,8-9,12-14,16-17,28,39-41H,7,10-11,18H2,2-5H3,(H,37,38)/t28-/m0/s1. The van der Waals surface area contributed by atoms with Gasteiger partial charge in [0.2, 0.25) is 0 Å². The molecule has 3 heterocycles. The van der Waals surface area contributed by atoms with Gasteiger partial charge in [0.15, 0.2) is 5.54 Å². The highest BCUT2D eigenvalue weighted by Gasteiger charge is 2.67.